The molecule has 0 aliphatic carbocycles. The Kier molecular flexibility index (Phi) is 5.71. The van der Waals surface area contributed by atoms with Gasteiger partial charge in [-0.05, 0) is 35.7 Å². The lowest BCUT2D eigenvalue weighted by Crippen LogP contribution is -2.12. The summed E-state index contributed by atoms with van der Waals surface area (Å²) in [5.74, 6) is -0.598. The molecule has 2 heterocycles. The molecule has 0 aliphatic heterocycles. The lowest BCUT2D eigenvalue weighted by atomic mass is 10.2. The summed E-state index contributed by atoms with van der Waals surface area (Å²) < 4.78 is 0. The van der Waals surface area contributed by atoms with Gasteiger partial charge in [-0.2, -0.15) is 0 Å². The third kappa shape index (κ3) is 4.37. The van der Waals surface area contributed by atoms with E-state index in [9.17, 15) is 9.59 Å². The highest BCUT2D eigenvalue weighted by Gasteiger charge is 2.19. The third-order valence-corrected chi connectivity index (χ3v) is 6.08. The number of nitrogens with one attached hydrogen (secondary N) is 2. The van der Waals surface area contributed by atoms with Crippen LogP contribution in [0.15, 0.2) is 72.1 Å². The normalized spacial score (nSPS) is 10.5. The standard InChI is InChI=1S/C21H14ClN3O2S2/c22-15-10-5-4-9-14(15)19(27)25-21-23-17(16-11-6-12-28-16)20(29-21)24-18(26)13-7-2-1-3-8-13/h1-12H,(H,24,26)(H,23,25,27). The van der Waals surface area contributed by atoms with Crippen molar-refractivity contribution in [2.24, 2.45) is 0 Å². The van der Waals surface area contributed by atoms with Gasteiger partial charge in [-0.25, -0.2) is 4.98 Å². The van der Waals surface area contributed by atoms with Crippen LogP contribution in [0.25, 0.3) is 10.6 Å². The number of rotatable bonds is 5. The van der Waals surface area contributed by atoms with E-state index in [1.165, 1.54) is 22.7 Å². The van der Waals surface area contributed by atoms with Crippen LogP contribution in [-0.4, -0.2) is 16.8 Å². The second-order valence-corrected chi connectivity index (χ2v) is 8.28. The number of benzene rings is 2. The molecular weight excluding hydrogens is 426 g/mol. The highest BCUT2D eigenvalue weighted by Crippen LogP contribution is 2.38. The summed E-state index contributed by atoms with van der Waals surface area (Å²) in [4.78, 5) is 30.6. The van der Waals surface area contributed by atoms with Crippen molar-refractivity contribution >= 4 is 56.2 Å². The zero-order valence-electron chi connectivity index (χ0n) is 14.9. The summed E-state index contributed by atoms with van der Waals surface area (Å²) in [6, 6.07) is 19.5. The summed E-state index contributed by atoms with van der Waals surface area (Å²) in [7, 11) is 0. The molecule has 2 amide bonds. The Labute approximate surface area is 180 Å². The van der Waals surface area contributed by atoms with E-state index < -0.39 is 0 Å². The Hall–Kier alpha value is -3.00. The number of thiophene rings is 1. The average Bonchev–Trinajstić information content (AvgIpc) is 3.39. The zero-order valence-corrected chi connectivity index (χ0v) is 17.3. The minimum absolute atomic E-state index is 0.240. The zero-order chi connectivity index (χ0) is 20.2. The van der Waals surface area contributed by atoms with E-state index >= 15 is 0 Å². The first-order valence-corrected chi connectivity index (χ1v) is 10.7. The van der Waals surface area contributed by atoms with Crippen molar-refractivity contribution in [2.75, 3.05) is 10.6 Å². The van der Waals surface area contributed by atoms with Crippen molar-refractivity contribution < 1.29 is 9.59 Å². The Bertz CT molecular complexity index is 1160. The monoisotopic (exact) mass is 439 g/mol. The van der Waals surface area contributed by atoms with E-state index in [0.717, 1.165) is 4.88 Å². The van der Waals surface area contributed by atoms with E-state index in [4.69, 9.17) is 11.6 Å². The SMILES string of the molecule is O=C(Nc1sc(NC(=O)c2ccccc2Cl)nc1-c1cccs1)c1ccccc1. The van der Waals surface area contributed by atoms with Gasteiger partial charge < -0.3 is 5.32 Å². The first-order valence-electron chi connectivity index (χ1n) is 8.59. The maximum absolute atomic E-state index is 12.6. The predicted octanol–water partition coefficient (Wildman–Crippen LogP) is 6.03. The van der Waals surface area contributed by atoms with E-state index in [1.54, 1.807) is 48.5 Å². The molecule has 0 saturated heterocycles. The number of aromatic nitrogens is 1. The van der Waals surface area contributed by atoms with Crippen molar-refractivity contribution in [2.45, 2.75) is 0 Å². The highest BCUT2D eigenvalue weighted by atomic mass is 35.5. The van der Waals surface area contributed by atoms with Crippen molar-refractivity contribution in [3.8, 4) is 10.6 Å². The van der Waals surface area contributed by atoms with Crippen molar-refractivity contribution in [1.82, 2.24) is 4.98 Å². The van der Waals surface area contributed by atoms with E-state index in [2.05, 4.69) is 15.6 Å². The number of carbonyl (C=O) groups is 2. The summed E-state index contributed by atoms with van der Waals surface area (Å²) in [5, 5.41) is 8.91. The number of carbonyl (C=O) groups excluding carboxylic acids is 2. The molecule has 0 unspecified atom stereocenters. The minimum Gasteiger partial charge on any atom is -0.312 e. The number of hydrogen-bond donors (Lipinski definition) is 2. The van der Waals surface area contributed by atoms with Gasteiger partial charge in [-0.3, -0.25) is 14.9 Å². The Balaban J connectivity index is 1.63. The molecule has 2 N–H and O–H groups in total. The largest absolute Gasteiger partial charge is 0.312 e. The molecule has 0 bridgehead atoms. The van der Waals surface area contributed by atoms with E-state index in [0.29, 0.717) is 32.0 Å². The van der Waals surface area contributed by atoms with Gasteiger partial charge in [0.25, 0.3) is 11.8 Å². The third-order valence-electron chi connectivity index (χ3n) is 3.98. The number of amides is 2. The molecule has 4 aromatic rings. The maximum Gasteiger partial charge on any atom is 0.258 e. The van der Waals surface area contributed by atoms with Gasteiger partial charge in [-0.1, -0.05) is 59.3 Å². The Morgan fingerprint density at radius 3 is 2.34 bits per heavy atom. The number of nitrogens with zero attached hydrogens (tertiary/aromatic N) is 1. The van der Waals surface area contributed by atoms with Gasteiger partial charge in [0.05, 0.1) is 15.5 Å². The molecule has 8 heteroatoms. The van der Waals surface area contributed by atoms with Crippen molar-refractivity contribution in [1.29, 1.82) is 0 Å². The van der Waals surface area contributed by atoms with Gasteiger partial charge in [0.2, 0.25) is 0 Å². The van der Waals surface area contributed by atoms with Gasteiger partial charge in [0.1, 0.15) is 10.7 Å². The molecule has 2 aromatic heterocycles. The summed E-state index contributed by atoms with van der Waals surface area (Å²) in [6.45, 7) is 0. The van der Waals surface area contributed by atoms with Crippen LogP contribution < -0.4 is 10.6 Å². The van der Waals surface area contributed by atoms with E-state index in [-0.39, 0.29) is 11.8 Å². The Morgan fingerprint density at radius 1 is 0.862 bits per heavy atom. The number of anilines is 2. The second-order valence-electron chi connectivity index (χ2n) is 5.93. The first-order chi connectivity index (χ1) is 14.1. The lowest BCUT2D eigenvalue weighted by molar-refractivity contribution is 0.101. The molecule has 0 fully saturated rings. The molecule has 0 radical (unpaired) electrons. The molecule has 0 saturated carbocycles. The molecule has 0 atom stereocenters. The fraction of sp³-hybridized carbons (Fsp3) is 0. The van der Waals surface area contributed by atoms with Crippen LogP contribution in [0.3, 0.4) is 0 Å². The minimum atomic E-state index is -0.358. The molecule has 5 nitrogen and oxygen atoms in total. The number of hydrogen-bond acceptors (Lipinski definition) is 5. The maximum atomic E-state index is 12.6. The molecule has 2 aromatic carbocycles. The number of halogens is 1. The molecule has 0 aliphatic rings. The van der Waals surface area contributed by atoms with Crippen LogP contribution >= 0.6 is 34.3 Å². The average molecular weight is 440 g/mol. The van der Waals surface area contributed by atoms with Gasteiger partial charge in [0, 0.05) is 5.56 Å². The fourth-order valence-electron chi connectivity index (χ4n) is 2.61. The topological polar surface area (TPSA) is 71.1 Å². The fourth-order valence-corrected chi connectivity index (χ4v) is 4.49. The predicted molar refractivity (Wildman–Crippen MR) is 119 cm³/mol. The van der Waals surface area contributed by atoms with Crippen LogP contribution in [0.1, 0.15) is 20.7 Å². The molecule has 4 rings (SSSR count). The smallest absolute Gasteiger partial charge is 0.258 e. The van der Waals surface area contributed by atoms with E-state index in [1.807, 2.05) is 23.6 Å². The van der Waals surface area contributed by atoms with Crippen LogP contribution in [0.2, 0.25) is 5.02 Å². The summed E-state index contributed by atoms with van der Waals surface area (Å²) >= 11 is 8.81. The van der Waals surface area contributed by atoms with Crippen LogP contribution in [0, 0.1) is 0 Å². The quantitative estimate of drug-likeness (QED) is 0.398. The lowest BCUT2D eigenvalue weighted by Gasteiger charge is -2.04. The van der Waals surface area contributed by atoms with Gasteiger partial charge in [-0.15, -0.1) is 11.3 Å². The van der Waals surface area contributed by atoms with Gasteiger partial charge in [0.15, 0.2) is 5.13 Å². The van der Waals surface area contributed by atoms with Crippen LogP contribution in [-0.2, 0) is 0 Å². The molecule has 0 spiro atoms. The van der Waals surface area contributed by atoms with Crippen LogP contribution in [0.4, 0.5) is 10.1 Å². The first kappa shape index (κ1) is 19.3. The highest BCUT2D eigenvalue weighted by molar-refractivity contribution is 7.21. The summed E-state index contributed by atoms with van der Waals surface area (Å²) in [6.07, 6.45) is 0. The molecular formula is C21H14ClN3O2S2. The molecule has 29 heavy (non-hydrogen) atoms. The Morgan fingerprint density at radius 2 is 1.62 bits per heavy atom. The molecule has 144 valence electrons. The van der Waals surface area contributed by atoms with Crippen molar-refractivity contribution in [3.05, 3.63) is 88.3 Å². The van der Waals surface area contributed by atoms with Gasteiger partial charge >= 0.3 is 0 Å². The summed E-state index contributed by atoms with van der Waals surface area (Å²) in [5.41, 5.74) is 1.51. The van der Waals surface area contributed by atoms with Crippen LogP contribution in [0.5, 0.6) is 0 Å². The number of thiazole rings is 1. The van der Waals surface area contributed by atoms with Crippen molar-refractivity contribution in [3.63, 3.8) is 0 Å². The second kappa shape index (κ2) is 8.57.